The molecule has 0 saturated carbocycles. The molecule has 0 radical (unpaired) electrons. The van der Waals surface area contributed by atoms with Crippen molar-refractivity contribution in [3.8, 4) is 21.6 Å². The SMILES string of the molecule is Cc1ncsc1-c1ccc(CNC(=O)[C@@H]2C[C@@H](O)CN2C(=O)[C@@H](NC(=O)Cc2cccc(-c3ccc(CO[C@H](C)[C@H](CCC(N)=O)NC(=O)[C@@H]4Cc5cccc6c5N4C(=O)[C@@H](N)CC6)cc3)c2)C(C)(C)C)cc1.Cl. The predicted octanol–water partition coefficient (Wildman–Crippen LogP) is 5.45. The number of aryl methyl sites for hydroxylation is 2. The second kappa shape index (κ2) is 23.8. The molecular weight excluding hydrogens is 980 g/mol. The summed E-state index contributed by atoms with van der Waals surface area (Å²) in [5.41, 5.74) is 21.8. The minimum Gasteiger partial charge on any atom is -0.391 e. The lowest BCUT2D eigenvalue weighted by Gasteiger charge is -2.35. The molecule has 1 fully saturated rings. The van der Waals surface area contributed by atoms with Crippen LogP contribution < -0.4 is 32.3 Å². The number of thiazole rings is 1. The molecule has 8 N–H and O–H groups in total. The molecule has 1 saturated heterocycles. The fraction of sp³-hybridized carbons (Fsp3) is 0.411. The minimum absolute atomic E-state index is 0. The fourth-order valence-corrected chi connectivity index (χ4v) is 10.9. The number of nitrogens with zero attached hydrogens (tertiary/aromatic N) is 3. The minimum atomic E-state index is -0.975. The predicted molar refractivity (Wildman–Crippen MR) is 287 cm³/mol. The van der Waals surface area contributed by atoms with Gasteiger partial charge >= 0.3 is 0 Å². The summed E-state index contributed by atoms with van der Waals surface area (Å²) in [4.78, 5) is 89.3. The Hall–Kier alpha value is -6.50. The molecule has 4 aromatic carbocycles. The van der Waals surface area contributed by atoms with E-state index >= 15 is 0 Å². The molecule has 392 valence electrons. The Labute approximate surface area is 442 Å². The van der Waals surface area contributed by atoms with Gasteiger partial charge in [0, 0.05) is 32.4 Å². The number of aromatic nitrogens is 1. The molecule has 5 aromatic rings. The van der Waals surface area contributed by atoms with Crippen molar-refractivity contribution in [1.82, 2.24) is 25.8 Å². The van der Waals surface area contributed by atoms with Gasteiger partial charge in [-0.2, -0.15) is 0 Å². The zero-order chi connectivity index (χ0) is 52.1. The normalized spacial score (nSPS) is 19.4. The Bertz CT molecular complexity index is 2850. The summed E-state index contributed by atoms with van der Waals surface area (Å²) in [6.07, 6.45) is 0.436. The number of benzene rings is 4. The summed E-state index contributed by atoms with van der Waals surface area (Å²) < 4.78 is 6.30. The smallest absolute Gasteiger partial charge is 0.246 e. The number of para-hydroxylation sites is 1. The van der Waals surface area contributed by atoms with Gasteiger partial charge in [-0.15, -0.1) is 23.7 Å². The summed E-state index contributed by atoms with van der Waals surface area (Å²) in [7, 11) is 0. The van der Waals surface area contributed by atoms with E-state index in [0.717, 1.165) is 60.8 Å². The Kier molecular flexibility index (Phi) is 17.8. The number of rotatable bonds is 18. The number of primary amides is 1. The van der Waals surface area contributed by atoms with Crippen molar-refractivity contribution in [3.63, 3.8) is 0 Å². The van der Waals surface area contributed by atoms with E-state index in [9.17, 15) is 33.9 Å². The maximum Gasteiger partial charge on any atom is 0.246 e. The summed E-state index contributed by atoms with van der Waals surface area (Å²) in [6, 6.07) is 25.1. The number of amides is 6. The number of nitrogens with one attached hydrogen (secondary N) is 3. The molecule has 18 heteroatoms. The Balaban J connectivity index is 0.00000800. The summed E-state index contributed by atoms with van der Waals surface area (Å²) in [5, 5.41) is 19.7. The molecule has 0 bridgehead atoms. The first-order valence-electron chi connectivity index (χ1n) is 25.0. The monoisotopic (exact) mass is 1050 g/mol. The van der Waals surface area contributed by atoms with Crippen molar-refractivity contribution < 1.29 is 38.6 Å². The average molecular weight is 1050 g/mol. The van der Waals surface area contributed by atoms with Gasteiger partial charge in [0.2, 0.25) is 35.4 Å². The molecule has 0 unspecified atom stereocenters. The van der Waals surface area contributed by atoms with Crippen LogP contribution in [0.3, 0.4) is 0 Å². The van der Waals surface area contributed by atoms with Gasteiger partial charge in [-0.1, -0.05) is 112 Å². The average Bonchev–Trinajstić information content (AvgIpc) is 4.08. The molecule has 6 amide bonds. The van der Waals surface area contributed by atoms with Crippen molar-refractivity contribution in [2.45, 2.75) is 135 Å². The van der Waals surface area contributed by atoms with E-state index in [2.05, 4.69) is 20.9 Å². The fourth-order valence-electron chi connectivity index (χ4n) is 10.0. The van der Waals surface area contributed by atoms with Crippen LogP contribution in [0.25, 0.3) is 21.6 Å². The maximum atomic E-state index is 14.3. The first-order valence-corrected chi connectivity index (χ1v) is 25.9. The van der Waals surface area contributed by atoms with Crippen LogP contribution in [0.4, 0.5) is 5.69 Å². The zero-order valence-corrected chi connectivity index (χ0v) is 44.1. The number of nitrogens with two attached hydrogens (primary N) is 2. The van der Waals surface area contributed by atoms with Gasteiger partial charge in [0.1, 0.15) is 18.1 Å². The van der Waals surface area contributed by atoms with E-state index in [1.54, 1.807) is 16.2 Å². The van der Waals surface area contributed by atoms with Crippen LogP contribution in [0.2, 0.25) is 0 Å². The van der Waals surface area contributed by atoms with Gasteiger partial charge in [0.25, 0.3) is 0 Å². The van der Waals surface area contributed by atoms with E-state index in [1.807, 2.05) is 131 Å². The molecule has 16 nitrogen and oxygen atoms in total. The molecular formula is C56H67ClN8O8S. The van der Waals surface area contributed by atoms with Crippen molar-refractivity contribution >= 4 is 64.9 Å². The van der Waals surface area contributed by atoms with Crippen LogP contribution in [0.5, 0.6) is 0 Å². The van der Waals surface area contributed by atoms with E-state index in [1.165, 1.54) is 4.90 Å². The molecule has 0 aliphatic carbocycles. The molecule has 0 spiro atoms. The quantitative estimate of drug-likeness (QED) is 0.0649. The number of ether oxygens (including phenoxy) is 1. The number of carbonyl (C=O) groups is 6. The molecule has 7 atom stereocenters. The number of halogens is 1. The largest absolute Gasteiger partial charge is 0.391 e. The number of anilines is 1. The summed E-state index contributed by atoms with van der Waals surface area (Å²) in [6.45, 7) is 9.78. The molecule has 3 aliphatic heterocycles. The lowest BCUT2D eigenvalue weighted by molar-refractivity contribution is -0.144. The molecule has 4 heterocycles. The molecule has 8 rings (SSSR count). The van der Waals surface area contributed by atoms with Gasteiger partial charge in [0.05, 0.1) is 59.1 Å². The van der Waals surface area contributed by atoms with Crippen LogP contribution in [0, 0.1) is 12.3 Å². The van der Waals surface area contributed by atoms with E-state index < -0.39 is 59.6 Å². The highest BCUT2D eigenvalue weighted by Crippen LogP contribution is 2.39. The Morgan fingerprint density at radius 3 is 2.26 bits per heavy atom. The van der Waals surface area contributed by atoms with Gasteiger partial charge in [-0.3, -0.25) is 33.7 Å². The lowest BCUT2D eigenvalue weighted by atomic mass is 9.85. The van der Waals surface area contributed by atoms with Gasteiger partial charge < -0.3 is 42.2 Å². The highest BCUT2D eigenvalue weighted by atomic mass is 35.5. The zero-order valence-electron chi connectivity index (χ0n) is 42.5. The number of hydrogen-bond acceptors (Lipinski definition) is 11. The summed E-state index contributed by atoms with van der Waals surface area (Å²) in [5.74, 6) is -2.31. The highest BCUT2D eigenvalue weighted by Gasteiger charge is 2.45. The molecule has 74 heavy (non-hydrogen) atoms. The van der Waals surface area contributed by atoms with Crippen LogP contribution in [-0.4, -0.2) is 99.4 Å². The number of β-amino-alcohol motifs (C(OH)–C–C–N with tert-alkyl or cyclic N) is 1. The number of hydrogen-bond donors (Lipinski definition) is 6. The second-order valence-electron chi connectivity index (χ2n) is 20.7. The number of likely N-dealkylation sites (tertiary alicyclic amines) is 1. The molecule has 3 aliphatic rings. The van der Waals surface area contributed by atoms with Crippen molar-refractivity contribution in [2.75, 3.05) is 11.4 Å². The Morgan fingerprint density at radius 2 is 1.57 bits per heavy atom. The van der Waals surface area contributed by atoms with Crippen molar-refractivity contribution in [1.29, 1.82) is 0 Å². The van der Waals surface area contributed by atoms with Crippen LogP contribution in [0.15, 0.2) is 96.5 Å². The van der Waals surface area contributed by atoms with E-state index in [0.29, 0.717) is 19.3 Å². The topological polar surface area (TPSA) is 239 Å². The first kappa shape index (κ1) is 55.3. The van der Waals surface area contributed by atoms with Crippen LogP contribution >= 0.6 is 23.7 Å². The number of aliphatic hydroxyl groups is 1. The van der Waals surface area contributed by atoms with E-state index in [-0.39, 0.29) is 81.4 Å². The van der Waals surface area contributed by atoms with Crippen LogP contribution in [-0.2, 0) is 65.9 Å². The second-order valence-corrected chi connectivity index (χ2v) is 21.5. The third-order valence-corrected chi connectivity index (χ3v) is 15.1. The first-order chi connectivity index (χ1) is 34.8. The Morgan fingerprint density at radius 1 is 0.878 bits per heavy atom. The van der Waals surface area contributed by atoms with Crippen LogP contribution in [0.1, 0.15) is 86.9 Å². The van der Waals surface area contributed by atoms with Gasteiger partial charge in [-0.25, -0.2) is 4.98 Å². The highest BCUT2D eigenvalue weighted by molar-refractivity contribution is 7.13. The summed E-state index contributed by atoms with van der Waals surface area (Å²) >= 11 is 1.57. The van der Waals surface area contributed by atoms with Crippen molar-refractivity contribution in [3.05, 3.63) is 130 Å². The lowest BCUT2D eigenvalue weighted by Crippen LogP contribution is -2.58. The number of carbonyl (C=O) groups excluding carboxylic acids is 6. The van der Waals surface area contributed by atoms with Gasteiger partial charge in [0.15, 0.2) is 0 Å². The number of aliphatic hydroxyl groups excluding tert-OH is 1. The standard InChI is InChI=1S/C56H66N8O8S.ClH/c1-32-50(73-31-60-32)39-18-12-34(13-19-39)28-59-52(68)45-27-42(65)29-63(45)55(71)51(56(3,4)5)62-48(67)25-36-8-6-10-40(24-36)37-16-14-35(15-17-37)30-72-33(2)44(22-23-47(58)66)61-53(69)46-26-41-11-7-9-38-20-21-43(57)54(70)64(46)49(38)41;/h6-19,24,31,33,42-46,51,65H,20-23,25-30,57H2,1-5H3,(H2,58,66)(H,59,68)(H,61,69)(H,62,67);1H/t33-,42-,43+,44+,45+,46+,51-;/m1./s1. The third-order valence-electron chi connectivity index (χ3n) is 14.2. The van der Waals surface area contributed by atoms with Gasteiger partial charge in [-0.05, 0) is 83.0 Å². The third kappa shape index (κ3) is 12.9. The molecule has 1 aromatic heterocycles. The van der Waals surface area contributed by atoms with Crippen molar-refractivity contribution in [2.24, 2.45) is 16.9 Å². The maximum absolute atomic E-state index is 14.3. The van der Waals surface area contributed by atoms with E-state index in [4.69, 9.17) is 16.2 Å².